The molecule has 5 rings (SSSR count). The minimum Gasteiger partial charge on any atom is -0.618 e. The standard InChI is InChI=1S/2C22H28FN3O6S.C6H6N2O3.Ca/c2*1-13(2)20-18(10-9-16(27)11-17(28)12-19(29)30)21(14-5-7-15(23)8-6-14)25-22(24-20)26(3)33(4,31)32;1-4-2-7-5(6(9)10)3-8(4)11;/h2*5-10,13,16-17,27-28H,11-12H2,1-4H3,(H,29,30);2-3H,1H3,(H,9,10);/q;;;+2/p-2/b2*10-9+;;/t2*16-,17-;;/m11../s1. The van der Waals surface area contributed by atoms with Crippen molar-refractivity contribution in [1.29, 1.82) is 0 Å². The molecule has 3 aromatic heterocycles. The van der Waals surface area contributed by atoms with Crippen LogP contribution in [0.2, 0.25) is 0 Å². The number of carbonyl (C=O) groups is 3. The van der Waals surface area contributed by atoms with Crippen LogP contribution < -0.4 is 23.6 Å². The average molecular weight is 1160 g/mol. The van der Waals surface area contributed by atoms with Crippen LogP contribution in [0.15, 0.2) is 73.1 Å². The Morgan fingerprint density at radius 1 is 0.667 bits per heavy atom. The first kappa shape index (κ1) is 67.9. The van der Waals surface area contributed by atoms with Crippen molar-refractivity contribution in [3.8, 4) is 22.5 Å². The van der Waals surface area contributed by atoms with Crippen molar-refractivity contribution in [1.82, 2.24) is 24.9 Å². The largest absolute Gasteiger partial charge is 2.00 e. The predicted molar refractivity (Wildman–Crippen MR) is 281 cm³/mol. The molecule has 23 nitrogen and oxygen atoms in total. The minimum absolute atomic E-state index is 0. The first-order chi connectivity index (χ1) is 35.7. The van der Waals surface area contributed by atoms with Gasteiger partial charge in [0.15, 0.2) is 0 Å². The van der Waals surface area contributed by atoms with Gasteiger partial charge in [-0.3, -0.25) is 0 Å². The van der Waals surface area contributed by atoms with Gasteiger partial charge in [0, 0.05) is 80.9 Å². The van der Waals surface area contributed by atoms with E-state index in [2.05, 4.69) is 24.9 Å². The van der Waals surface area contributed by atoms with Crippen LogP contribution in [-0.4, -0.2) is 174 Å². The number of aliphatic carboxylic acids is 2. The normalized spacial score (nSPS) is 13.1. The van der Waals surface area contributed by atoms with Gasteiger partial charge in [0.2, 0.25) is 49.5 Å². The molecule has 3 heterocycles. The molecule has 5 N–H and O–H groups in total. The van der Waals surface area contributed by atoms with E-state index in [0.717, 1.165) is 27.3 Å². The molecule has 2 aromatic carbocycles. The molecule has 418 valence electrons. The van der Waals surface area contributed by atoms with E-state index in [9.17, 15) is 75.8 Å². The van der Waals surface area contributed by atoms with Crippen molar-refractivity contribution in [3.05, 3.63) is 124 Å². The van der Waals surface area contributed by atoms with Gasteiger partial charge in [-0.2, -0.15) is 4.73 Å². The summed E-state index contributed by atoms with van der Waals surface area (Å²) in [6.45, 7) is 8.93. The Morgan fingerprint density at radius 2 is 1.01 bits per heavy atom. The van der Waals surface area contributed by atoms with Gasteiger partial charge in [-0.05, 0) is 60.4 Å². The predicted octanol–water partition coefficient (Wildman–Crippen LogP) is 1.47. The van der Waals surface area contributed by atoms with Crippen molar-refractivity contribution in [2.45, 2.75) is 96.6 Å². The van der Waals surface area contributed by atoms with Crippen LogP contribution in [0.1, 0.15) is 104 Å². The molecule has 0 fully saturated rings. The molecular formula is C50H60CaF2N8O15S2. The number of carboxylic acids is 3. The Balaban J connectivity index is 0.000000441. The SMILES string of the molecule is CC(C)c1nc(N(C)S(C)(=O)=O)nc(-c2ccc(F)cc2)c1/C=C/[C@@H](O)C[C@@H](O)CC(=O)[O-].CC(C)c1nc(N(C)S(C)(=O)=O)nc(-c2ccc(F)cc2)c1/C=C/[C@@H](O)C[C@@H](O)CC(=O)[O-].Cc1cnc(C(=O)O)c[n+]1[O-].[Ca+2]. The number of hydrogen-bond donors (Lipinski definition) is 5. The molecule has 5 aromatic rings. The van der Waals surface area contributed by atoms with Gasteiger partial charge in [-0.1, -0.05) is 52.0 Å². The maximum atomic E-state index is 13.5. The van der Waals surface area contributed by atoms with Gasteiger partial charge in [-0.15, -0.1) is 0 Å². The zero-order valence-electron chi connectivity index (χ0n) is 44.1. The molecule has 0 amide bonds. The summed E-state index contributed by atoms with van der Waals surface area (Å²) in [5.41, 5.74) is 3.65. The summed E-state index contributed by atoms with van der Waals surface area (Å²) in [7, 11) is -4.67. The van der Waals surface area contributed by atoms with Gasteiger partial charge < -0.3 is 50.5 Å². The van der Waals surface area contributed by atoms with Crippen molar-refractivity contribution in [3.63, 3.8) is 0 Å². The molecule has 0 spiro atoms. The maximum absolute atomic E-state index is 13.5. The van der Waals surface area contributed by atoms with E-state index in [-0.39, 0.29) is 80.0 Å². The molecular weight excluding hydrogens is 1090 g/mol. The molecule has 0 saturated heterocycles. The summed E-state index contributed by atoms with van der Waals surface area (Å²) in [6, 6.07) is 10.9. The smallest absolute Gasteiger partial charge is 0.618 e. The number of sulfonamides is 2. The van der Waals surface area contributed by atoms with Gasteiger partial charge in [0.25, 0.3) is 0 Å². The Bertz CT molecular complexity index is 2980. The Morgan fingerprint density at radius 3 is 1.29 bits per heavy atom. The number of aliphatic hydroxyl groups is 4. The summed E-state index contributed by atoms with van der Waals surface area (Å²) >= 11 is 0. The number of halogens is 2. The van der Waals surface area contributed by atoms with Crippen molar-refractivity contribution >= 4 is 99.7 Å². The fraction of sp³-hybridized carbons (Fsp3) is 0.380. The number of nitrogens with zero attached hydrogens (tertiary/aromatic N) is 8. The zero-order valence-corrected chi connectivity index (χ0v) is 47.9. The minimum atomic E-state index is -3.66. The molecule has 0 bridgehead atoms. The van der Waals surface area contributed by atoms with Gasteiger partial charge in [0.05, 0.1) is 65.9 Å². The Hall–Kier alpha value is -6.17. The number of carbonyl (C=O) groups excluding carboxylic acids is 2. The second-order valence-electron chi connectivity index (χ2n) is 18.0. The van der Waals surface area contributed by atoms with Crippen LogP contribution in [0.3, 0.4) is 0 Å². The molecule has 4 atom stereocenters. The number of anilines is 2. The number of benzene rings is 2. The quantitative estimate of drug-likeness (QED) is 0.0394. The van der Waals surface area contributed by atoms with E-state index in [0.29, 0.717) is 55.5 Å². The van der Waals surface area contributed by atoms with Crippen molar-refractivity contribution in [2.75, 3.05) is 35.2 Å². The maximum Gasteiger partial charge on any atom is 2.00 e. The fourth-order valence-electron chi connectivity index (χ4n) is 6.65. The van der Waals surface area contributed by atoms with Gasteiger partial charge >= 0.3 is 43.7 Å². The third-order valence-corrected chi connectivity index (χ3v) is 13.1. The van der Waals surface area contributed by atoms with E-state index < -0.39 is 86.8 Å². The van der Waals surface area contributed by atoms with Crippen LogP contribution in [-0.2, 0) is 29.6 Å². The van der Waals surface area contributed by atoms with Crippen LogP contribution >= 0.6 is 0 Å². The second kappa shape index (κ2) is 30.3. The summed E-state index contributed by atoms with van der Waals surface area (Å²) in [5.74, 6) is -5.48. The van der Waals surface area contributed by atoms with Crippen LogP contribution in [0.4, 0.5) is 20.7 Å². The molecule has 0 unspecified atom stereocenters. The van der Waals surface area contributed by atoms with E-state index in [1.807, 2.05) is 27.7 Å². The van der Waals surface area contributed by atoms with Gasteiger partial charge in [-0.25, -0.2) is 63.9 Å². The number of carboxylic acid groups (broad SMARTS) is 3. The topological polar surface area (TPSA) is 365 Å². The van der Waals surface area contributed by atoms with Gasteiger partial charge in [0.1, 0.15) is 11.6 Å². The van der Waals surface area contributed by atoms with E-state index in [1.165, 1.54) is 93.1 Å². The summed E-state index contributed by atoms with van der Waals surface area (Å²) in [5, 5.41) is 80.3. The number of aliphatic hydroxyl groups excluding tert-OH is 4. The Kier molecular flexibility index (Phi) is 26.4. The molecule has 0 aliphatic heterocycles. The average Bonchev–Trinajstić information content (AvgIpc) is 3.32. The molecule has 0 saturated carbocycles. The van der Waals surface area contributed by atoms with E-state index in [1.54, 1.807) is 6.92 Å². The monoisotopic (exact) mass is 1150 g/mol. The zero-order chi connectivity index (χ0) is 58.3. The number of rotatable bonds is 21. The van der Waals surface area contributed by atoms with Crippen LogP contribution in [0.25, 0.3) is 34.7 Å². The number of aromatic nitrogens is 6. The van der Waals surface area contributed by atoms with Crippen molar-refractivity contribution in [2.24, 2.45) is 0 Å². The first-order valence-corrected chi connectivity index (χ1v) is 26.9. The molecule has 0 aliphatic rings. The number of aromatic carboxylic acids is 1. The number of hydrogen-bond acceptors (Lipinski definition) is 19. The van der Waals surface area contributed by atoms with Crippen molar-refractivity contribution < 1.29 is 80.5 Å². The summed E-state index contributed by atoms with van der Waals surface area (Å²) in [4.78, 5) is 52.6. The van der Waals surface area contributed by atoms with E-state index >= 15 is 0 Å². The first-order valence-electron chi connectivity index (χ1n) is 23.2. The third kappa shape index (κ3) is 21.2. The molecule has 28 heteroatoms. The molecule has 0 radical (unpaired) electrons. The van der Waals surface area contributed by atoms with Crippen LogP contribution in [0.5, 0.6) is 0 Å². The van der Waals surface area contributed by atoms with E-state index in [4.69, 9.17) is 5.11 Å². The second-order valence-corrected chi connectivity index (χ2v) is 22.0. The Labute approximate surface area is 480 Å². The fourth-order valence-corrected chi connectivity index (χ4v) is 7.41. The summed E-state index contributed by atoms with van der Waals surface area (Å²) in [6.07, 6.45) is 3.30. The molecule has 0 aliphatic carbocycles. The molecule has 78 heavy (non-hydrogen) atoms. The van der Waals surface area contributed by atoms with Crippen LogP contribution in [0, 0.1) is 23.8 Å². The third-order valence-electron chi connectivity index (χ3n) is 10.8. The summed E-state index contributed by atoms with van der Waals surface area (Å²) < 4.78 is 77.6. The number of aryl methyl sites for hydroxylation is 1.